The molecular weight excluding hydrogens is 392 g/mol. The van der Waals surface area contributed by atoms with E-state index in [1.54, 1.807) is 28.0 Å². The predicted octanol–water partition coefficient (Wildman–Crippen LogP) is 3.46. The summed E-state index contributed by atoms with van der Waals surface area (Å²) < 4.78 is 9.49. The second kappa shape index (κ2) is 8.67. The number of nitriles is 1. The summed E-state index contributed by atoms with van der Waals surface area (Å²) in [6.07, 6.45) is 6.63. The first-order chi connectivity index (χ1) is 15.0. The number of hydrogen-bond donors (Lipinski definition) is 1. The Bertz CT molecular complexity index is 1210. The van der Waals surface area contributed by atoms with Crippen LogP contribution in [0.3, 0.4) is 0 Å². The van der Waals surface area contributed by atoms with Gasteiger partial charge in [-0.25, -0.2) is 14.6 Å². The van der Waals surface area contributed by atoms with Crippen molar-refractivity contribution >= 4 is 11.5 Å². The molecule has 9 nitrogen and oxygen atoms in total. The molecule has 0 fully saturated rings. The van der Waals surface area contributed by atoms with E-state index in [0.717, 1.165) is 28.3 Å². The molecule has 0 bridgehead atoms. The molecule has 1 atom stereocenters. The highest BCUT2D eigenvalue weighted by molar-refractivity contribution is 5.68. The van der Waals surface area contributed by atoms with Crippen molar-refractivity contribution in [3.8, 4) is 22.9 Å². The van der Waals surface area contributed by atoms with Gasteiger partial charge in [-0.3, -0.25) is 4.68 Å². The van der Waals surface area contributed by atoms with Crippen LogP contribution in [0.1, 0.15) is 18.2 Å². The molecule has 31 heavy (non-hydrogen) atoms. The molecule has 1 unspecified atom stereocenters. The normalized spacial score (nSPS) is 11.7. The van der Waals surface area contributed by atoms with Gasteiger partial charge in [0, 0.05) is 25.0 Å². The van der Waals surface area contributed by atoms with Crippen LogP contribution in [0.4, 0.5) is 11.5 Å². The summed E-state index contributed by atoms with van der Waals surface area (Å²) in [6, 6.07) is 11.6. The zero-order valence-corrected chi connectivity index (χ0v) is 17.5. The molecule has 0 saturated heterocycles. The van der Waals surface area contributed by atoms with Gasteiger partial charge in [-0.05, 0) is 43.7 Å². The van der Waals surface area contributed by atoms with Gasteiger partial charge in [-0.15, -0.1) is 0 Å². The number of benzene rings is 1. The molecule has 3 heterocycles. The molecule has 9 heteroatoms. The van der Waals surface area contributed by atoms with Crippen molar-refractivity contribution in [3.05, 3.63) is 66.6 Å². The molecule has 0 aliphatic heterocycles. The maximum Gasteiger partial charge on any atom is 0.138 e. The first-order valence-corrected chi connectivity index (χ1v) is 9.78. The molecule has 3 aromatic heterocycles. The molecule has 4 rings (SSSR count). The van der Waals surface area contributed by atoms with Crippen LogP contribution in [0.5, 0.6) is 5.75 Å². The number of aryl methyl sites for hydroxylation is 2. The van der Waals surface area contributed by atoms with E-state index in [0.29, 0.717) is 17.9 Å². The van der Waals surface area contributed by atoms with E-state index in [9.17, 15) is 5.26 Å². The van der Waals surface area contributed by atoms with E-state index >= 15 is 0 Å². The summed E-state index contributed by atoms with van der Waals surface area (Å²) in [5.74, 6) is 1.26. The summed E-state index contributed by atoms with van der Waals surface area (Å²) in [7, 11) is 1.88. The molecule has 0 aliphatic carbocycles. The molecule has 0 radical (unpaired) electrons. The highest BCUT2D eigenvalue weighted by Crippen LogP contribution is 2.28. The van der Waals surface area contributed by atoms with Gasteiger partial charge in [0.1, 0.15) is 36.4 Å². The van der Waals surface area contributed by atoms with Crippen LogP contribution >= 0.6 is 0 Å². The Labute approximate surface area is 180 Å². The van der Waals surface area contributed by atoms with Gasteiger partial charge < -0.3 is 10.1 Å². The maximum absolute atomic E-state index is 9.47. The Morgan fingerprint density at radius 2 is 2.06 bits per heavy atom. The lowest BCUT2D eigenvalue weighted by atomic mass is 10.0. The van der Waals surface area contributed by atoms with E-state index in [4.69, 9.17) is 4.74 Å². The van der Waals surface area contributed by atoms with E-state index in [2.05, 4.69) is 31.6 Å². The van der Waals surface area contributed by atoms with Crippen molar-refractivity contribution in [2.75, 3.05) is 5.32 Å². The second-order valence-electron chi connectivity index (χ2n) is 7.23. The lowest BCUT2D eigenvalue weighted by molar-refractivity contribution is 0.193. The lowest BCUT2D eigenvalue weighted by Crippen LogP contribution is -2.20. The highest BCUT2D eigenvalue weighted by atomic mass is 16.5. The summed E-state index contributed by atoms with van der Waals surface area (Å²) in [6.45, 7) is 4.40. The van der Waals surface area contributed by atoms with Crippen LogP contribution in [-0.4, -0.2) is 35.6 Å². The molecule has 1 aromatic carbocycles. The number of nitrogens with zero attached hydrogens (tertiary/aromatic N) is 7. The minimum Gasteiger partial charge on any atom is -0.487 e. The predicted molar refractivity (Wildman–Crippen MR) is 116 cm³/mol. The number of anilines is 2. The summed E-state index contributed by atoms with van der Waals surface area (Å²) in [4.78, 5) is 8.45. The first kappa shape index (κ1) is 20.1. The van der Waals surface area contributed by atoms with Crippen LogP contribution < -0.4 is 10.1 Å². The van der Waals surface area contributed by atoms with Gasteiger partial charge >= 0.3 is 0 Å². The van der Waals surface area contributed by atoms with Gasteiger partial charge in [0.2, 0.25) is 0 Å². The Morgan fingerprint density at radius 1 is 1.23 bits per heavy atom. The number of pyridine rings is 1. The minimum atomic E-state index is -0.184. The van der Waals surface area contributed by atoms with E-state index in [1.165, 1.54) is 6.33 Å². The zero-order valence-electron chi connectivity index (χ0n) is 17.5. The number of hydrogen-bond acceptors (Lipinski definition) is 7. The molecule has 0 aliphatic rings. The average Bonchev–Trinajstić information content (AvgIpc) is 3.37. The van der Waals surface area contributed by atoms with Crippen molar-refractivity contribution in [1.82, 2.24) is 29.5 Å². The largest absolute Gasteiger partial charge is 0.487 e. The molecule has 4 aromatic rings. The third-order valence-electron chi connectivity index (χ3n) is 4.71. The van der Waals surface area contributed by atoms with Crippen LogP contribution in [0, 0.1) is 18.3 Å². The van der Waals surface area contributed by atoms with E-state index < -0.39 is 0 Å². The van der Waals surface area contributed by atoms with Crippen molar-refractivity contribution in [2.24, 2.45) is 7.05 Å². The van der Waals surface area contributed by atoms with Gasteiger partial charge in [-0.1, -0.05) is 6.07 Å². The standard InChI is InChI=1S/C22H22N8O/c1-15(11-30-14-24-13-26-30)31-21-8-17(4-5-18(21)9-23)19-6-7-22(25-10-19)27-20-12-29(3)28-16(20)2/h4-8,10,12-15H,11H2,1-3H3,(H,25,27). The fraction of sp³-hybridized carbons (Fsp3) is 0.227. The molecule has 156 valence electrons. The maximum atomic E-state index is 9.47. The molecule has 1 N–H and O–H groups in total. The summed E-state index contributed by atoms with van der Waals surface area (Å²) in [5.41, 5.74) is 4.14. The SMILES string of the molecule is Cc1nn(C)cc1Nc1ccc(-c2ccc(C#N)c(OC(C)Cn3cncn3)c2)cn1. The third-order valence-corrected chi connectivity index (χ3v) is 4.71. The number of aromatic nitrogens is 6. The van der Waals surface area contributed by atoms with Gasteiger partial charge in [0.25, 0.3) is 0 Å². The molecule has 0 spiro atoms. The summed E-state index contributed by atoms with van der Waals surface area (Å²) in [5, 5.41) is 21.2. The summed E-state index contributed by atoms with van der Waals surface area (Å²) >= 11 is 0. The Balaban J connectivity index is 1.51. The Hall–Kier alpha value is -4.19. The fourth-order valence-corrected chi connectivity index (χ4v) is 3.24. The number of ether oxygens (including phenoxy) is 1. The van der Waals surface area contributed by atoms with Gasteiger partial charge in [-0.2, -0.15) is 15.5 Å². The van der Waals surface area contributed by atoms with Crippen molar-refractivity contribution in [3.63, 3.8) is 0 Å². The van der Waals surface area contributed by atoms with Crippen molar-refractivity contribution in [2.45, 2.75) is 26.5 Å². The van der Waals surface area contributed by atoms with E-state index in [-0.39, 0.29) is 6.10 Å². The zero-order chi connectivity index (χ0) is 21.8. The van der Waals surface area contributed by atoms with Crippen molar-refractivity contribution in [1.29, 1.82) is 5.26 Å². The second-order valence-corrected chi connectivity index (χ2v) is 7.23. The molecule has 0 amide bonds. The first-order valence-electron chi connectivity index (χ1n) is 9.78. The topological polar surface area (TPSA) is 106 Å². The van der Waals surface area contributed by atoms with E-state index in [1.807, 2.05) is 51.4 Å². The van der Waals surface area contributed by atoms with Crippen LogP contribution in [-0.2, 0) is 13.6 Å². The van der Waals surface area contributed by atoms with Crippen LogP contribution in [0.2, 0.25) is 0 Å². The Morgan fingerprint density at radius 3 is 2.71 bits per heavy atom. The fourth-order valence-electron chi connectivity index (χ4n) is 3.24. The minimum absolute atomic E-state index is 0.184. The van der Waals surface area contributed by atoms with Gasteiger partial charge in [0.05, 0.1) is 23.5 Å². The molecular formula is C22H22N8O. The monoisotopic (exact) mass is 414 g/mol. The van der Waals surface area contributed by atoms with Crippen LogP contribution in [0.25, 0.3) is 11.1 Å². The van der Waals surface area contributed by atoms with Gasteiger partial charge in [0.15, 0.2) is 0 Å². The molecule has 0 saturated carbocycles. The van der Waals surface area contributed by atoms with Crippen LogP contribution in [0.15, 0.2) is 55.4 Å². The average molecular weight is 414 g/mol. The quantitative estimate of drug-likeness (QED) is 0.493. The highest BCUT2D eigenvalue weighted by Gasteiger charge is 2.12. The third kappa shape index (κ3) is 4.70. The number of rotatable bonds is 7. The van der Waals surface area contributed by atoms with Crippen molar-refractivity contribution < 1.29 is 4.74 Å². The Kier molecular flexibility index (Phi) is 5.62. The lowest BCUT2D eigenvalue weighted by Gasteiger charge is -2.16. The number of nitrogens with one attached hydrogen (secondary N) is 1. The smallest absolute Gasteiger partial charge is 0.138 e.